The number of ketones is 1. The summed E-state index contributed by atoms with van der Waals surface area (Å²) in [6.45, 7) is 1.65. The van der Waals surface area contributed by atoms with Gasteiger partial charge in [0.1, 0.15) is 0 Å². The first-order valence-electron chi connectivity index (χ1n) is 4.72. The van der Waals surface area contributed by atoms with E-state index in [2.05, 4.69) is 5.32 Å². The standard InChI is InChI=1S/C11H13NO3/c1-2-9(13)12-11(15)10(14)8-6-4-3-5-7-8/h3-7,11,15H,2H2,1H3,(H,12,13). The van der Waals surface area contributed by atoms with Crippen molar-refractivity contribution in [3.8, 4) is 0 Å². The van der Waals surface area contributed by atoms with Gasteiger partial charge in [-0.1, -0.05) is 37.3 Å². The van der Waals surface area contributed by atoms with Crippen molar-refractivity contribution in [3.63, 3.8) is 0 Å². The monoisotopic (exact) mass is 207 g/mol. The first-order valence-corrected chi connectivity index (χ1v) is 4.72. The first-order chi connectivity index (χ1) is 7.15. The molecule has 0 aromatic heterocycles. The number of aliphatic hydroxyl groups excluding tert-OH is 1. The van der Waals surface area contributed by atoms with Crippen LogP contribution < -0.4 is 5.32 Å². The number of nitrogens with one attached hydrogen (secondary N) is 1. The number of Topliss-reactive ketones (excluding diaryl/α,β-unsaturated/α-hetero) is 1. The van der Waals surface area contributed by atoms with E-state index in [-0.39, 0.29) is 12.3 Å². The van der Waals surface area contributed by atoms with Gasteiger partial charge in [0, 0.05) is 12.0 Å². The smallest absolute Gasteiger partial charge is 0.222 e. The highest BCUT2D eigenvalue weighted by Gasteiger charge is 2.17. The van der Waals surface area contributed by atoms with E-state index in [1.807, 2.05) is 0 Å². The minimum atomic E-state index is -1.46. The highest BCUT2D eigenvalue weighted by atomic mass is 16.3. The summed E-state index contributed by atoms with van der Waals surface area (Å²) in [6, 6.07) is 8.34. The second-order valence-electron chi connectivity index (χ2n) is 3.05. The van der Waals surface area contributed by atoms with Crippen molar-refractivity contribution in [2.24, 2.45) is 0 Å². The molecule has 0 bridgehead atoms. The van der Waals surface area contributed by atoms with E-state index in [0.717, 1.165) is 0 Å². The Labute approximate surface area is 87.9 Å². The molecule has 0 saturated carbocycles. The van der Waals surface area contributed by atoms with Crippen molar-refractivity contribution in [3.05, 3.63) is 35.9 Å². The number of rotatable bonds is 4. The van der Waals surface area contributed by atoms with E-state index in [1.54, 1.807) is 37.3 Å². The van der Waals surface area contributed by atoms with E-state index in [0.29, 0.717) is 5.56 Å². The molecule has 0 heterocycles. The van der Waals surface area contributed by atoms with Crippen LogP contribution in [0.4, 0.5) is 0 Å². The van der Waals surface area contributed by atoms with Crippen molar-refractivity contribution in [2.45, 2.75) is 19.6 Å². The lowest BCUT2D eigenvalue weighted by molar-refractivity contribution is -0.123. The van der Waals surface area contributed by atoms with Gasteiger partial charge in [0.15, 0.2) is 6.23 Å². The average Bonchev–Trinajstić information content (AvgIpc) is 2.29. The molecular weight excluding hydrogens is 194 g/mol. The Morgan fingerprint density at radius 1 is 1.33 bits per heavy atom. The number of aliphatic hydroxyl groups is 1. The third-order valence-corrected chi connectivity index (χ3v) is 1.93. The number of hydrogen-bond acceptors (Lipinski definition) is 3. The molecule has 0 aliphatic heterocycles. The molecule has 15 heavy (non-hydrogen) atoms. The fourth-order valence-corrected chi connectivity index (χ4v) is 1.08. The molecular formula is C11H13NO3. The minimum absolute atomic E-state index is 0.235. The maximum atomic E-state index is 11.5. The molecule has 2 N–H and O–H groups in total. The lowest BCUT2D eigenvalue weighted by Gasteiger charge is -2.10. The molecule has 80 valence electrons. The molecule has 0 spiro atoms. The number of amides is 1. The maximum absolute atomic E-state index is 11.5. The van der Waals surface area contributed by atoms with Crippen LogP contribution in [0.25, 0.3) is 0 Å². The first kappa shape index (κ1) is 11.4. The molecule has 1 rings (SSSR count). The largest absolute Gasteiger partial charge is 0.367 e. The zero-order chi connectivity index (χ0) is 11.3. The molecule has 1 aromatic rings. The van der Waals surface area contributed by atoms with Crippen LogP contribution in [-0.2, 0) is 4.79 Å². The van der Waals surface area contributed by atoms with Gasteiger partial charge in [0.05, 0.1) is 0 Å². The van der Waals surface area contributed by atoms with Gasteiger partial charge in [-0.15, -0.1) is 0 Å². The number of hydrogen-bond donors (Lipinski definition) is 2. The maximum Gasteiger partial charge on any atom is 0.222 e. The number of carbonyl (C=O) groups is 2. The third-order valence-electron chi connectivity index (χ3n) is 1.93. The highest BCUT2D eigenvalue weighted by molar-refractivity contribution is 6.00. The van der Waals surface area contributed by atoms with E-state index in [9.17, 15) is 14.7 Å². The van der Waals surface area contributed by atoms with Crippen LogP contribution in [0.5, 0.6) is 0 Å². The van der Waals surface area contributed by atoms with Crippen LogP contribution in [-0.4, -0.2) is 23.0 Å². The van der Waals surface area contributed by atoms with Crippen LogP contribution in [0.1, 0.15) is 23.7 Å². The number of carbonyl (C=O) groups excluding carboxylic acids is 2. The van der Waals surface area contributed by atoms with E-state index < -0.39 is 12.0 Å². The third kappa shape index (κ3) is 3.18. The molecule has 4 nitrogen and oxygen atoms in total. The van der Waals surface area contributed by atoms with E-state index in [4.69, 9.17) is 0 Å². The van der Waals surface area contributed by atoms with Crippen molar-refractivity contribution >= 4 is 11.7 Å². The normalized spacial score (nSPS) is 11.9. The van der Waals surface area contributed by atoms with Crippen LogP contribution in [0.15, 0.2) is 30.3 Å². The molecule has 0 aliphatic rings. The van der Waals surface area contributed by atoms with Crippen molar-refractivity contribution < 1.29 is 14.7 Å². The fourth-order valence-electron chi connectivity index (χ4n) is 1.08. The Kier molecular flexibility index (Phi) is 4.00. The molecule has 1 aromatic carbocycles. The van der Waals surface area contributed by atoms with Gasteiger partial charge in [-0.25, -0.2) is 0 Å². The summed E-state index contributed by atoms with van der Waals surface area (Å²) in [7, 11) is 0. The summed E-state index contributed by atoms with van der Waals surface area (Å²) in [4.78, 5) is 22.5. The van der Waals surface area contributed by atoms with Gasteiger partial charge < -0.3 is 10.4 Å². The summed E-state index contributed by atoms with van der Waals surface area (Å²) in [5, 5.41) is 11.6. The lowest BCUT2D eigenvalue weighted by atomic mass is 10.1. The number of benzene rings is 1. The molecule has 0 radical (unpaired) electrons. The summed E-state index contributed by atoms with van der Waals surface area (Å²) < 4.78 is 0. The van der Waals surface area contributed by atoms with Crippen LogP contribution >= 0.6 is 0 Å². The van der Waals surface area contributed by atoms with Crippen molar-refractivity contribution in [1.29, 1.82) is 0 Å². The van der Waals surface area contributed by atoms with Gasteiger partial charge in [-0.2, -0.15) is 0 Å². The lowest BCUT2D eigenvalue weighted by Crippen LogP contribution is -2.40. The molecule has 1 amide bonds. The van der Waals surface area contributed by atoms with E-state index >= 15 is 0 Å². The second kappa shape index (κ2) is 5.26. The average molecular weight is 207 g/mol. The summed E-state index contributed by atoms with van der Waals surface area (Å²) >= 11 is 0. The molecule has 0 fully saturated rings. The van der Waals surface area contributed by atoms with Gasteiger partial charge in [-0.3, -0.25) is 9.59 Å². The van der Waals surface area contributed by atoms with Crippen LogP contribution in [0, 0.1) is 0 Å². The summed E-state index contributed by atoms with van der Waals surface area (Å²) in [5.74, 6) is -0.857. The molecule has 4 heteroatoms. The van der Waals surface area contributed by atoms with Crippen molar-refractivity contribution in [2.75, 3.05) is 0 Å². The predicted octanol–water partition coefficient (Wildman–Crippen LogP) is 0.714. The van der Waals surface area contributed by atoms with Gasteiger partial charge in [-0.05, 0) is 0 Å². The van der Waals surface area contributed by atoms with Gasteiger partial charge in [0.2, 0.25) is 11.7 Å². The van der Waals surface area contributed by atoms with Gasteiger partial charge >= 0.3 is 0 Å². The molecule has 0 aliphatic carbocycles. The quantitative estimate of drug-likeness (QED) is 0.564. The zero-order valence-electron chi connectivity index (χ0n) is 8.43. The van der Waals surface area contributed by atoms with Gasteiger partial charge in [0.25, 0.3) is 0 Å². The minimum Gasteiger partial charge on any atom is -0.367 e. The fraction of sp³-hybridized carbons (Fsp3) is 0.273. The zero-order valence-corrected chi connectivity index (χ0v) is 8.43. The predicted molar refractivity (Wildman–Crippen MR) is 55.2 cm³/mol. The molecule has 1 unspecified atom stereocenters. The Morgan fingerprint density at radius 3 is 2.47 bits per heavy atom. The van der Waals surface area contributed by atoms with Crippen LogP contribution in [0.2, 0.25) is 0 Å². The summed E-state index contributed by atoms with van der Waals surface area (Å²) in [6.07, 6.45) is -1.22. The highest BCUT2D eigenvalue weighted by Crippen LogP contribution is 2.02. The van der Waals surface area contributed by atoms with E-state index in [1.165, 1.54) is 0 Å². The topological polar surface area (TPSA) is 66.4 Å². The SMILES string of the molecule is CCC(=O)NC(O)C(=O)c1ccccc1. The summed E-state index contributed by atoms with van der Waals surface area (Å²) in [5.41, 5.74) is 0.376. The Bertz CT molecular complexity index is 348. The van der Waals surface area contributed by atoms with Crippen LogP contribution in [0.3, 0.4) is 0 Å². The van der Waals surface area contributed by atoms with Crippen molar-refractivity contribution in [1.82, 2.24) is 5.32 Å². The molecule has 1 atom stereocenters. The Balaban J connectivity index is 2.65. The molecule has 0 saturated heterocycles. The Morgan fingerprint density at radius 2 is 1.93 bits per heavy atom. The second-order valence-corrected chi connectivity index (χ2v) is 3.05. The Hall–Kier alpha value is -1.68.